The van der Waals surface area contributed by atoms with Crippen LogP contribution in [0.15, 0.2) is 24.3 Å². The Kier molecular flexibility index (Phi) is 5.12. The molecule has 0 aliphatic carbocycles. The largest absolute Gasteiger partial charge is 0.455 e. The molecule has 1 aliphatic rings. The third-order valence-electron chi connectivity index (χ3n) is 3.25. The Labute approximate surface area is 127 Å². The topological polar surface area (TPSA) is 89.5 Å². The van der Waals surface area contributed by atoms with Crippen LogP contribution in [-0.2, 0) is 30.6 Å². The average molecular weight is 329 g/mol. The first-order valence-corrected chi connectivity index (χ1v) is 8.57. The molecule has 2 rings (SSSR count). The lowest BCUT2D eigenvalue weighted by atomic mass is 10.1. The van der Waals surface area contributed by atoms with E-state index < -0.39 is 40.2 Å². The van der Waals surface area contributed by atoms with Gasteiger partial charge in [0.2, 0.25) is 0 Å². The van der Waals surface area contributed by atoms with Gasteiger partial charge in [0.25, 0.3) is 5.91 Å². The van der Waals surface area contributed by atoms with Crippen LogP contribution in [0.3, 0.4) is 0 Å². The van der Waals surface area contributed by atoms with Gasteiger partial charge in [-0.3, -0.25) is 9.59 Å². The number of amides is 1. The summed E-state index contributed by atoms with van der Waals surface area (Å²) in [7, 11) is -3.08. The summed E-state index contributed by atoms with van der Waals surface area (Å²) in [6, 6.07) is 5.35. The standard InChI is InChI=1S/C14H16FNO5S/c15-12-4-2-1-3-10(12)7-14(18)21-8-13(17)16-11-5-6-22(19,20)9-11/h1-4,11H,5-9H2,(H,16,17)/t11-/m0/s1. The van der Waals surface area contributed by atoms with Crippen LogP contribution >= 0.6 is 0 Å². The van der Waals surface area contributed by atoms with E-state index in [9.17, 15) is 22.4 Å². The summed E-state index contributed by atoms with van der Waals surface area (Å²) >= 11 is 0. The smallest absolute Gasteiger partial charge is 0.310 e. The van der Waals surface area contributed by atoms with Crippen molar-refractivity contribution >= 4 is 21.7 Å². The molecule has 1 heterocycles. The Morgan fingerprint density at radius 3 is 2.68 bits per heavy atom. The highest BCUT2D eigenvalue weighted by Crippen LogP contribution is 2.11. The molecule has 22 heavy (non-hydrogen) atoms. The van der Waals surface area contributed by atoms with E-state index in [2.05, 4.69) is 5.32 Å². The van der Waals surface area contributed by atoms with Gasteiger partial charge in [0.05, 0.1) is 17.9 Å². The molecule has 0 spiro atoms. The molecule has 1 aliphatic heterocycles. The second-order valence-corrected chi connectivity index (χ2v) is 7.33. The maximum Gasteiger partial charge on any atom is 0.310 e. The minimum absolute atomic E-state index is 0.0466. The molecule has 0 aromatic heterocycles. The SMILES string of the molecule is O=C(COC(=O)Cc1ccccc1F)N[C@H]1CCS(=O)(=O)C1. The van der Waals surface area contributed by atoms with E-state index in [-0.39, 0.29) is 23.5 Å². The molecule has 8 heteroatoms. The molecule has 0 saturated carbocycles. The van der Waals surface area contributed by atoms with Gasteiger partial charge in [0.1, 0.15) is 5.82 Å². The molecule has 0 radical (unpaired) electrons. The number of hydrogen-bond donors (Lipinski definition) is 1. The number of rotatable bonds is 5. The summed E-state index contributed by atoms with van der Waals surface area (Å²) in [6.45, 7) is -0.510. The minimum atomic E-state index is -3.08. The summed E-state index contributed by atoms with van der Waals surface area (Å²) in [6.07, 6.45) is 0.0923. The lowest BCUT2D eigenvalue weighted by Gasteiger charge is -2.11. The first-order chi connectivity index (χ1) is 10.4. The van der Waals surface area contributed by atoms with E-state index in [0.29, 0.717) is 6.42 Å². The molecular weight excluding hydrogens is 313 g/mol. The lowest BCUT2D eigenvalue weighted by Crippen LogP contribution is -2.38. The zero-order chi connectivity index (χ0) is 16.2. The molecular formula is C14H16FNO5S. The fourth-order valence-electron chi connectivity index (χ4n) is 2.17. The van der Waals surface area contributed by atoms with Gasteiger partial charge in [0, 0.05) is 6.04 Å². The van der Waals surface area contributed by atoms with Gasteiger partial charge >= 0.3 is 5.97 Å². The number of esters is 1. The summed E-state index contributed by atoms with van der Waals surface area (Å²) in [5.41, 5.74) is 0.190. The van der Waals surface area contributed by atoms with Gasteiger partial charge in [-0.25, -0.2) is 12.8 Å². The summed E-state index contributed by atoms with van der Waals surface area (Å²) in [4.78, 5) is 23.1. The number of ether oxygens (including phenoxy) is 1. The van der Waals surface area contributed by atoms with E-state index in [1.165, 1.54) is 18.2 Å². The highest BCUT2D eigenvalue weighted by atomic mass is 32.2. The fraction of sp³-hybridized carbons (Fsp3) is 0.429. The van der Waals surface area contributed by atoms with Crippen LogP contribution < -0.4 is 5.32 Å². The van der Waals surface area contributed by atoms with Gasteiger partial charge in [-0.05, 0) is 18.1 Å². The summed E-state index contributed by atoms with van der Waals surface area (Å²) in [5.74, 6) is -1.85. The van der Waals surface area contributed by atoms with Gasteiger partial charge in [-0.15, -0.1) is 0 Å². The Morgan fingerprint density at radius 1 is 1.32 bits per heavy atom. The Hall–Kier alpha value is -1.96. The van der Waals surface area contributed by atoms with Gasteiger partial charge in [0.15, 0.2) is 16.4 Å². The van der Waals surface area contributed by atoms with Crippen LogP contribution in [0.1, 0.15) is 12.0 Å². The molecule has 1 atom stereocenters. The highest BCUT2D eigenvalue weighted by molar-refractivity contribution is 7.91. The number of carbonyl (C=O) groups excluding carboxylic acids is 2. The number of benzene rings is 1. The highest BCUT2D eigenvalue weighted by Gasteiger charge is 2.29. The third kappa shape index (κ3) is 4.80. The van der Waals surface area contributed by atoms with E-state index in [1.54, 1.807) is 6.07 Å². The molecule has 1 amide bonds. The molecule has 0 unspecified atom stereocenters. The number of sulfone groups is 1. The quantitative estimate of drug-likeness (QED) is 0.780. The second kappa shape index (κ2) is 6.87. The maximum atomic E-state index is 13.3. The van der Waals surface area contributed by atoms with Crippen molar-refractivity contribution < 1.29 is 27.1 Å². The van der Waals surface area contributed by atoms with E-state index in [4.69, 9.17) is 4.74 Å². The number of hydrogen-bond acceptors (Lipinski definition) is 5. The molecule has 1 N–H and O–H groups in total. The zero-order valence-electron chi connectivity index (χ0n) is 11.7. The van der Waals surface area contributed by atoms with Crippen molar-refractivity contribution in [2.24, 2.45) is 0 Å². The Morgan fingerprint density at radius 2 is 2.05 bits per heavy atom. The van der Waals surface area contributed by atoms with Gasteiger partial charge < -0.3 is 10.1 Å². The molecule has 120 valence electrons. The maximum absolute atomic E-state index is 13.3. The molecule has 6 nitrogen and oxygen atoms in total. The normalized spacial score (nSPS) is 19.6. The van der Waals surface area contributed by atoms with Gasteiger partial charge in [-0.1, -0.05) is 18.2 Å². The number of carbonyl (C=O) groups is 2. The fourth-order valence-corrected chi connectivity index (χ4v) is 3.85. The average Bonchev–Trinajstić information content (AvgIpc) is 2.78. The van der Waals surface area contributed by atoms with Crippen molar-refractivity contribution in [2.75, 3.05) is 18.1 Å². The van der Waals surface area contributed by atoms with Crippen LogP contribution in [-0.4, -0.2) is 44.4 Å². The molecule has 1 saturated heterocycles. The van der Waals surface area contributed by atoms with Crippen LogP contribution in [0, 0.1) is 5.82 Å². The molecule has 1 aromatic carbocycles. The van der Waals surface area contributed by atoms with E-state index in [1.807, 2.05) is 0 Å². The molecule has 1 aromatic rings. The van der Waals surface area contributed by atoms with E-state index in [0.717, 1.165) is 0 Å². The molecule has 0 bridgehead atoms. The van der Waals surface area contributed by atoms with Crippen LogP contribution in [0.2, 0.25) is 0 Å². The predicted molar refractivity (Wildman–Crippen MR) is 76.3 cm³/mol. The van der Waals surface area contributed by atoms with Crippen LogP contribution in [0.25, 0.3) is 0 Å². The molecule has 1 fully saturated rings. The van der Waals surface area contributed by atoms with Crippen molar-refractivity contribution in [1.82, 2.24) is 5.32 Å². The Bertz CT molecular complexity index is 674. The zero-order valence-corrected chi connectivity index (χ0v) is 12.6. The van der Waals surface area contributed by atoms with Crippen molar-refractivity contribution in [2.45, 2.75) is 18.9 Å². The number of nitrogens with one attached hydrogen (secondary N) is 1. The summed E-state index contributed by atoms with van der Waals surface area (Å²) in [5, 5.41) is 2.50. The van der Waals surface area contributed by atoms with Crippen LogP contribution in [0.4, 0.5) is 4.39 Å². The van der Waals surface area contributed by atoms with Gasteiger partial charge in [-0.2, -0.15) is 0 Å². The third-order valence-corrected chi connectivity index (χ3v) is 5.02. The number of halogens is 1. The first-order valence-electron chi connectivity index (χ1n) is 6.74. The lowest BCUT2D eigenvalue weighted by molar-refractivity contribution is -0.148. The Balaban J connectivity index is 1.74. The predicted octanol–water partition coefficient (Wildman–Crippen LogP) is 0.215. The van der Waals surface area contributed by atoms with Crippen molar-refractivity contribution in [3.8, 4) is 0 Å². The van der Waals surface area contributed by atoms with E-state index >= 15 is 0 Å². The van der Waals surface area contributed by atoms with Crippen LogP contribution in [0.5, 0.6) is 0 Å². The second-order valence-electron chi connectivity index (χ2n) is 5.10. The monoisotopic (exact) mass is 329 g/mol. The first kappa shape index (κ1) is 16.4. The minimum Gasteiger partial charge on any atom is -0.455 e. The van der Waals surface area contributed by atoms with Crippen molar-refractivity contribution in [3.05, 3.63) is 35.6 Å². The van der Waals surface area contributed by atoms with Crippen molar-refractivity contribution in [1.29, 1.82) is 0 Å². The summed E-state index contributed by atoms with van der Waals surface area (Å²) < 4.78 is 40.6. The van der Waals surface area contributed by atoms with Crippen molar-refractivity contribution in [3.63, 3.8) is 0 Å².